The van der Waals surface area contributed by atoms with Gasteiger partial charge in [0.25, 0.3) is 0 Å². The second-order valence-electron chi connectivity index (χ2n) is 3.73. The van der Waals surface area contributed by atoms with Gasteiger partial charge in [-0.15, -0.1) is 0 Å². The minimum absolute atomic E-state index is 0.771. The fraction of sp³-hybridized carbons (Fsp3) is 0.231. The number of halogens is 1. The summed E-state index contributed by atoms with van der Waals surface area (Å²) in [6.45, 7) is 2.86. The summed E-state index contributed by atoms with van der Waals surface area (Å²) in [5, 5.41) is 3.29. The molecule has 0 unspecified atom stereocenters. The summed E-state index contributed by atoms with van der Waals surface area (Å²) in [7, 11) is 0. The highest BCUT2D eigenvalue weighted by molar-refractivity contribution is 9.10. The molecule has 0 aliphatic carbocycles. The van der Waals surface area contributed by atoms with Crippen LogP contribution in [0.1, 0.15) is 18.2 Å². The lowest BCUT2D eigenvalue weighted by Crippen LogP contribution is -2.02. The number of hydrogen-bond acceptors (Lipinski definition) is 3. The van der Waals surface area contributed by atoms with Crippen molar-refractivity contribution < 1.29 is 0 Å². The van der Waals surface area contributed by atoms with Crippen LogP contribution in [0.5, 0.6) is 0 Å². The molecular weight excluding hydrogens is 278 g/mol. The molecule has 1 heterocycles. The molecule has 88 valence electrons. The van der Waals surface area contributed by atoms with Crippen LogP contribution >= 0.6 is 15.9 Å². The monoisotopic (exact) mass is 291 g/mol. The third-order valence-electron chi connectivity index (χ3n) is 2.47. The molecule has 1 aromatic carbocycles. The fourth-order valence-electron chi connectivity index (χ4n) is 1.48. The molecule has 0 saturated carbocycles. The quantitative estimate of drug-likeness (QED) is 0.938. The molecule has 1 aromatic heterocycles. The Labute approximate surface area is 109 Å². The molecule has 3 nitrogen and oxygen atoms in total. The van der Waals surface area contributed by atoms with Crippen molar-refractivity contribution in [2.45, 2.75) is 19.9 Å². The average molecular weight is 292 g/mol. The molecule has 2 rings (SSSR count). The summed E-state index contributed by atoms with van der Waals surface area (Å²) in [4.78, 5) is 8.36. The van der Waals surface area contributed by atoms with Gasteiger partial charge in [-0.1, -0.05) is 35.0 Å². The van der Waals surface area contributed by atoms with Gasteiger partial charge in [-0.3, -0.25) is 0 Å². The summed E-state index contributed by atoms with van der Waals surface area (Å²) in [5.41, 5.74) is 2.28. The Hall–Kier alpha value is -1.42. The van der Waals surface area contributed by atoms with Crippen molar-refractivity contribution in [1.29, 1.82) is 0 Å². The van der Waals surface area contributed by atoms with Crippen LogP contribution in [0.2, 0.25) is 0 Å². The maximum absolute atomic E-state index is 4.19. The third kappa shape index (κ3) is 3.53. The van der Waals surface area contributed by atoms with Crippen LogP contribution in [0.4, 0.5) is 5.82 Å². The zero-order valence-electron chi connectivity index (χ0n) is 9.65. The summed E-state index contributed by atoms with van der Waals surface area (Å²) in [6.07, 6.45) is 2.53. The molecule has 17 heavy (non-hydrogen) atoms. The number of hydrogen-bond donors (Lipinski definition) is 1. The molecule has 0 saturated heterocycles. The predicted octanol–water partition coefficient (Wildman–Crippen LogP) is 3.41. The van der Waals surface area contributed by atoms with Crippen LogP contribution in [-0.2, 0) is 13.0 Å². The molecular formula is C13H14BrN3. The van der Waals surface area contributed by atoms with Crippen molar-refractivity contribution in [3.05, 3.63) is 52.4 Å². The van der Waals surface area contributed by atoms with Crippen molar-refractivity contribution in [1.82, 2.24) is 9.97 Å². The van der Waals surface area contributed by atoms with E-state index in [-0.39, 0.29) is 0 Å². The van der Waals surface area contributed by atoms with E-state index in [0.717, 1.165) is 29.0 Å². The van der Waals surface area contributed by atoms with Crippen molar-refractivity contribution in [3.8, 4) is 0 Å². The van der Waals surface area contributed by atoms with Gasteiger partial charge < -0.3 is 5.32 Å². The molecule has 0 aliphatic heterocycles. The Balaban J connectivity index is 1.99. The Morgan fingerprint density at radius 1 is 1.18 bits per heavy atom. The van der Waals surface area contributed by atoms with E-state index in [2.05, 4.69) is 50.3 Å². The van der Waals surface area contributed by atoms with Gasteiger partial charge in [-0.25, -0.2) is 9.97 Å². The molecule has 0 aliphatic rings. The third-order valence-corrected chi connectivity index (χ3v) is 3.00. The van der Waals surface area contributed by atoms with E-state index in [9.17, 15) is 0 Å². The van der Waals surface area contributed by atoms with Gasteiger partial charge in [0.05, 0.1) is 0 Å². The Morgan fingerprint density at radius 3 is 2.65 bits per heavy atom. The normalized spacial score (nSPS) is 10.2. The maximum Gasteiger partial charge on any atom is 0.129 e. The van der Waals surface area contributed by atoms with E-state index >= 15 is 0 Å². The van der Waals surface area contributed by atoms with Gasteiger partial charge >= 0.3 is 0 Å². The number of nitrogens with zero attached hydrogens (tertiary/aromatic N) is 2. The first-order chi connectivity index (χ1) is 8.28. The van der Waals surface area contributed by atoms with Gasteiger partial charge in [-0.05, 0) is 24.1 Å². The average Bonchev–Trinajstić information content (AvgIpc) is 2.38. The van der Waals surface area contributed by atoms with Crippen molar-refractivity contribution >= 4 is 21.7 Å². The molecule has 2 aromatic rings. The molecule has 0 spiro atoms. The first kappa shape index (κ1) is 12.0. The first-order valence-corrected chi connectivity index (χ1v) is 6.36. The zero-order valence-corrected chi connectivity index (χ0v) is 11.2. The summed E-state index contributed by atoms with van der Waals surface area (Å²) in [5.74, 6) is 0.875. The highest BCUT2D eigenvalue weighted by atomic mass is 79.9. The molecule has 0 bridgehead atoms. The second-order valence-corrected chi connectivity index (χ2v) is 4.64. The van der Waals surface area contributed by atoms with E-state index in [0.29, 0.717) is 0 Å². The number of nitrogens with one attached hydrogen (secondary N) is 1. The summed E-state index contributed by atoms with van der Waals surface area (Å²) >= 11 is 3.42. The molecule has 4 heteroatoms. The first-order valence-electron chi connectivity index (χ1n) is 5.57. The van der Waals surface area contributed by atoms with Crippen LogP contribution in [0.25, 0.3) is 0 Å². The number of anilines is 1. The van der Waals surface area contributed by atoms with Crippen LogP contribution in [-0.4, -0.2) is 9.97 Å². The predicted molar refractivity (Wildman–Crippen MR) is 72.9 cm³/mol. The van der Waals surface area contributed by atoms with E-state index < -0.39 is 0 Å². The highest BCUT2D eigenvalue weighted by Crippen LogP contribution is 2.12. The van der Waals surface area contributed by atoms with E-state index in [1.165, 1.54) is 5.56 Å². The lowest BCUT2D eigenvalue weighted by atomic mass is 10.2. The van der Waals surface area contributed by atoms with Crippen LogP contribution < -0.4 is 5.32 Å². The van der Waals surface area contributed by atoms with Gasteiger partial charge in [-0.2, -0.15) is 0 Å². The van der Waals surface area contributed by atoms with Crippen molar-refractivity contribution in [2.75, 3.05) is 5.32 Å². The lowest BCUT2D eigenvalue weighted by Gasteiger charge is -2.06. The fourth-order valence-corrected chi connectivity index (χ4v) is 1.75. The Morgan fingerprint density at radius 2 is 1.94 bits per heavy atom. The summed E-state index contributed by atoms with van der Waals surface area (Å²) < 4.78 is 1.09. The van der Waals surface area contributed by atoms with Crippen LogP contribution in [0.15, 0.2) is 41.1 Å². The van der Waals surface area contributed by atoms with E-state index in [1.807, 2.05) is 18.2 Å². The minimum Gasteiger partial charge on any atom is -0.366 e. The second kappa shape index (κ2) is 5.77. The standard InChI is InChI=1S/C13H14BrN3/c1-2-12-7-13(17-9-16-12)15-8-10-3-5-11(14)6-4-10/h3-7,9H,2,8H2,1H3,(H,15,16,17). The SMILES string of the molecule is CCc1cc(NCc2ccc(Br)cc2)ncn1. The molecule has 0 fully saturated rings. The van der Waals surface area contributed by atoms with E-state index in [1.54, 1.807) is 6.33 Å². The smallest absolute Gasteiger partial charge is 0.129 e. The minimum atomic E-state index is 0.771. The van der Waals surface area contributed by atoms with Gasteiger partial charge in [0.1, 0.15) is 12.1 Å². The summed E-state index contributed by atoms with van der Waals surface area (Å²) in [6, 6.07) is 10.2. The number of benzene rings is 1. The Bertz CT molecular complexity index is 482. The van der Waals surface area contributed by atoms with E-state index in [4.69, 9.17) is 0 Å². The topological polar surface area (TPSA) is 37.8 Å². The lowest BCUT2D eigenvalue weighted by molar-refractivity contribution is 0.986. The van der Waals surface area contributed by atoms with Gasteiger partial charge in [0, 0.05) is 22.8 Å². The van der Waals surface area contributed by atoms with Crippen LogP contribution in [0.3, 0.4) is 0 Å². The van der Waals surface area contributed by atoms with Crippen molar-refractivity contribution in [2.24, 2.45) is 0 Å². The van der Waals surface area contributed by atoms with Crippen molar-refractivity contribution in [3.63, 3.8) is 0 Å². The molecule has 1 N–H and O–H groups in total. The zero-order chi connectivity index (χ0) is 12.1. The van der Waals surface area contributed by atoms with Gasteiger partial charge in [0.2, 0.25) is 0 Å². The molecule has 0 radical (unpaired) electrons. The number of aromatic nitrogens is 2. The van der Waals surface area contributed by atoms with Gasteiger partial charge in [0.15, 0.2) is 0 Å². The maximum atomic E-state index is 4.19. The highest BCUT2D eigenvalue weighted by Gasteiger charge is 1.97. The number of aryl methyl sites for hydroxylation is 1. The Kier molecular flexibility index (Phi) is 4.09. The molecule has 0 atom stereocenters. The number of rotatable bonds is 4. The molecule has 0 amide bonds. The largest absolute Gasteiger partial charge is 0.366 e. The van der Waals surface area contributed by atoms with Crippen LogP contribution in [0, 0.1) is 0 Å².